The van der Waals surface area contributed by atoms with Crippen LogP contribution in [0.25, 0.3) is 0 Å². The van der Waals surface area contributed by atoms with E-state index in [1.165, 1.54) is 0 Å². The van der Waals surface area contributed by atoms with Crippen LogP contribution in [0.5, 0.6) is 0 Å². The minimum atomic E-state index is -1.17. The summed E-state index contributed by atoms with van der Waals surface area (Å²) in [5.74, 6) is 0. The van der Waals surface area contributed by atoms with Crippen molar-refractivity contribution in [1.29, 1.82) is 0 Å². The zero-order valence-corrected chi connectivity index (χ0v) is 11.3. The van der Waals surface area contributed by atoms with Gasteiger partial charge >= 0.3 is 31.7 Å². The quantitative estimate of drug-likeness (QED) is 0.438. The minimum Gasteiger partial charge on any atom is -0.184 e. The van der Waals surface area contributed by atoms with Gasteiger partial charge in [0.2, 0.25) is 0 Å². The molecule has 2 aromatic carbocycles. The molecule has 2 rings (SSSR count). The van der Waals surface area contributed by atoms with Gasteiger partial charge in [0.05, 0.1) is 0 Å². The zero-order valence-electron chi connectivity index (χ0n) is 8.84. The van der Waals surface area contributed by atoms with Gasteiger partial charge in [0, 0.05) is 0 Å². The standard InChI is InChI=1S/2C6H5.Mg.HO2P/c2*1-2-4-6-5-3-1;;1-3-2/h2*1-5H;;3H/q2*-1;+2;/p+1. The topological polar surface area (TPSA) is 37.3 Å². The Hall–Kier alpha value is -0.734. The smallest absolute Gasteiger partial charge is 0.184 e. The molecule has 2 aromatic rings. The molecule has 78 valence electrons. The van der Waals surface area contributed by atoms with Gasteiger partial charge in [-0.3, -0.25) is 0 Å². The second-order valence-electron chi connectivity index (χ2n) is 2.25. The van der Waals surface area contributed by atoms with Gasteiger partial charge in [0.15, 0.2) is 0 Å². The molecule has 0 aromatic heterocycles. The van der Waals surface area contributed by atoms with Crippen molar-refractivity contribution in [3.63, 3.8) is 0 Å². The molecule has 2 nitrogen and oxygen atoms in total. The second-order valence-corrected chi connectivity index (χ2v) is 2.43. The Morgan fingerprint density at radius 3 is 1.06 bits per heavy atom. The normalized spacial score (nSPS) is 7.31. The molecule has 1 unspecified atom stereocenters. The molecule has 0 amide bonds. The van der Waals surface area contributed by atoms with E-state index in [0.717, 1.165) is 0 Å². The third-order valence-electron chi connectivity index (χ3n) is 1.21. The van der Waals surface area contributed by atoms with Crippen LogP contribution >= 0.6 is 8.69 Å². The van der Waals surface area contributed by atoms with E-state index in [4.69, 9.17) is 9.46 Å². The van der Waals surface area contributed by atoms with Crippen molar-refractivity contribution >= 4 is 31.7 Å². The fourth-order valence-electron chi connectivity index (χ4n) is 0.684. The molecule has 0 aliphatic heterocycles. The van der Waals surface area contributed by atoms with Gasteiger partial charge in [0.1, 0.15) is 0 Å². The molecule has 0 spiro atoms. The summed E-state index contributed by atoms with van der Waals surface area (Å²) in [7, 11) is -1.17. The second kappa shape index (κ2) is 16.7. The van der Waals surface area contributed by atoms with Gasteiger partial charge in [0.25, 0.3) is 0 Å². The summed E-state index contributed by atoms with van der Waals surface area (Å²) in [6, 6.07) is 25.0. The first-order valence-electron chi connectivity index (χ1n) is 4.25. The Labute approximate surface area is 114 Å². The van der Waals surface area contributed by atoms with E-state index in [-0.39, 0.29) is 23.1 Å². The van der Waals surface area contributed by atoms with E-state index in [9.17, 15) is 0 Å². The van der Waals surface area contributed by atoms with Crippen molar-refractivity contribution in [3.8, 4) is 0 Å². The van der Waals surface area contributed by atoms with Crippen LogP contribution in [-0.2, 0) is 4.57 Å². The average molecular weight is 244 g/mol. The van der Waals surface area contributed by atoms with Gasteiger partial charge in [-0.1, -0.05) is 0 Å². The van der Waals surface area contributed by atoms with Crippen LogP contribution in [-0.4, -0.2) is 27.9 Å². The number of rotatable bonds is 0. The molecule has 1 atom stereocenters. The van der Waals surface area contributed by atoms with Gasteiger partial charge < -0.3 is 0 Å². The monoisotopic (exact) mass is 243 g/mol. The molecule has 16 heavy (non-hydrogen) atoms. The Morgan fingerprint density at radius 1 is 0.750 bits per heavy atom. The summed E-state index contributed by atoms with van der Waals surface area (Å²) >= 11 is 0. The molecule has 0 radical (unpaired) electrons. The van der Waals surface area contributed by atoms with Gasteiger partial charge in [-0.05, 0) is 4.57 Å². The average Bonchev–Trinajstić information content (AvgIpc) is 2.35. The largest absolute Gasteiger partial charge is 2.00 e. The van der Waals surface area contributed by atoms with E-state index in [0.29, 0.717) is 0 Å². The van der Waals surface area contributed by atoms with Crippen molar-refractivity contribution in [1.82, 2.24) is 0 Å². The molecule has 0 aliphatic rings. The van der Waals surface area contributed by atoms with Crippen LogP contribution < -0.4 is 0 Å². The molecular weight excluding hydrogens is 231 g/mol. The third kappa shape index (κ3) is 15.7. The summed E-state index contributed by atoms with van der Waals surface area (Å²) in [5.41, 5.74) is 0. The first kappa shape index (κ1) is 17.7. The Morgan fingerprint density at radius 2 is 1.00 bits per heavy atom. The van der Waals surface area contributed by atoms with Gasteiger partial charge in [-0.25, -0.2) is 0 Å². The maximum absolute atomic E-state index is 8.51. The van der Waals surface area contributed by atoms with Crippen molar-refractivity contribution in [2.24, 2.45) is 0 Å². The van der Waals surface area contributed by atoms with E-state index in [2.05, 4.69) is 12.1 Å². The summed E-state index contributed by atoms with van der Waals surface area (Å²) in [5, 5.41) is 0. The summed E-state index contributed by atoms with van der Waals surface area (Å²) in [6.45, 7) is 0. The number of hydrogen-bond acceptors (Lipinski definition) is 1. The van der Waals surface area contributed by atoms with Crippen molar-refractivity contribution in [2.75, 3.05) is 0 Å². The Bertz CT molecular complexity index is 231. The fourth-order valence-corrected chi connectivity index (χ4v) is 0.684. The van der Waals surface area contributed by atoms with Crippen LogP contribution in [0.2, 0.25) is 0 Å². The molecule has 0 saturated heterocycles. The molecule has 0 aliphatic carbocycles. The maximum Gasteiger partial charge on any atom is 2.00 e. The molecule has 1 N–H and O–H groups in total. The third-order valence-corrected chi connectivity index (χ3v) is 1.21. The molecule has 0 bridgehead atoms. The van der Waals surface area contributed by atoms with Gasteiger partial charge in [-0.2, -0.15) is 77.7 Å². The van der Waals surface area contributed by atoms with E-state index >= 15 is 0 Å². The molecule has 0 heterocycles. The molecular formula is C12H12MgO2P+. The predicted octanol–water partition coefficient (Wildman–Crippen LogP) is 2.51. The minimum absolute atomic E-state index is 0. The van der Waals surface area contributed by atoms with Crippen molar-refractivity contribution in [2.45, 2.75) is 0 Å². The zero-order chi connectivity index (χ0) is 11.2. The molecule has 0 saturated carbocycles. The van der Waals surface area contributed by atoms with Crippen LogP contribution in [0.1, 0.15) is 0 Å². The summed E-state index contributed by atoms with van der Waals surface area (Å²) < 4.78 is 8.51. The van der Waals surface area contributed by atoms with E-state index in [1.807, 2.05) is 60.7 Å². The summed E-state index contributed by atoms with van der Waals surface area (Å²) in [4.78, 5) is 7.04. The van der Waals surface area contributed by atoms with E-state index < -0.39 is 8.69 Å². The predicted molar refractivity (Wildman–Crippen MR) is 67.5 cm³/mol. The Balaban J connectivity index is 0. The maximum atomic E-state index is 8.51. The van der Waals surface area contributed by atoms with Crippen molar-refractivity contribution in [3.05, 3.63) is 72.8 Å². The van der Waals surface area contributed by atoms with Crippen molar-refractivity contribution < 1.29 is 9.46 Å². The van der Waals surface area contributed by atoms with Gasteiger partial charge in [-0.15, -0.1) is 0 Å². The SMILES string of the molecule is O=[PH+]O.[Mg+2].[c-]1ccccc1.[c-]1ccccc1. The number of hydrogen-bond donors (Lipinski definition) is 1. The molecule has 0 fully saturated rings. The first-order valence-corrected chi connectivity index (χ1v) is 5.10. The Kier molecular flexibility index (Phi) is 18.4. The van der Waals surface area contributed by atoms with E-state index in [1.54, 1.807) is 0 Å². The first-order chi connectivity index (χ1) is 7.41. The fraction of sp³-hybridized carbons (Fsp3) is 0. The van der Waals surface area contributed by atoms with Crippen LogP contribution in [0.4, 0.5) is 0 Å². The van der Waals surface area contributed by atoms with Crippen LogP contribution in [0.15, 0.2) is 60.7 Å². The summed E-state index contributed by atoms with van der Waals surface area (Å²) in [6.07, 6.45) is 0. The molecule has 4 heteroatoms. The van der Waals surface area contributed by atoms with Crippen LogP contribution in [0, 0.1) is 12.1 Å². The number of benzene rings is 2. The van der Waals surface area contributed by atoms with Crippen LogP contribution in [0.3, 0.4) is 0 Å².